The van der Waals surface area contributed by atoms with Gasteiger partial charge in [0.15, 0.2) is 0 Å². The Hall–Kier alpha value is -2.41. The number of halogens is 1. The molecule has 1 aromatic heterocycles. The van der Waals surface area contributed by atoms with Crippen molar-refractivity contribution in [1.29, 1.82) is 0 Å². The minimum absolute atomic E-state index is 0.136. The summed E-state index contributed by atoms with van der Waals surface area (Å²) in [4.78, 5) is 24.5. The van der Waals surface area contributed by atoms with Gasteiger partial charge < -0.3 is 16.4 Å². The fourth-order valence-electron chi connectivity index (χ4n) is 2.21. The molecular weight excluding hydrogens is 329 g/mol. The van der Waals surface area contributed by atoms with Crippen LogP contribution in [0.5, 0.6) is 0 Å². The number of urea groups is 1. The van der Waals surface area contributed by atoms with E-state index in [-0.39, 0.29) is 18.4 Å². The highest BCUT2D eigenvalue weighted by Gasteiger charge is 2.17. The Morgan fingerprint density at radius 3 is 2.54 bits per heavy atom. The molecular formula is C17H20FN3O2S. The van der Waals surface area contributed by atoms with Gasteiger partial charge in [-0.15, -0.1) is 11.3 Å². The van der Waals surface area contributed by atoms with Crippen molar-refractivity contribution in [1.82, 2.24) is 10.6 Å². The number of carbonyl (C=O) groups is 2. The van der Waals surface area contributed by atoms with Crippen molar-refractivity contribution < 1.29 is 14.0 Å². The van der Waals surface area contributed by atoms with E-state index in [2.05, 4.69) is 10.6 Å². The molecule has 0 fully saturated rings. The van der Waals surface area contributed by atoms with E-state index in [9.17, 15) is 14.0 Å². The smallest absolute Gasteiger partial charge is 0.314 e. The number of primary amides is 1. The van der Waals surface area contributed by atoms with Crippen LogP contribution in [0.4, 0.5) is 9.18 Å². The molecule has 0 aliphatic heterocycles. The average molecular weight is 349 g/mol. The van der Waals surface area contributed by atoms with E-state index >= 15 is 0 Å². The highest BCUT2D eigenvalue weighted by molar-refractivity contribution is 7.09. The molecule has 0 radical (unpaired) electrons. The van der Waals surface area contributed by atoms with E-state index in [0.717, 1.165) is 12.0 Å². The second kappa shape index (κ2) is 9.02. The van der Waals surface area contributed by atoms with Crippen molar-refractivity contribution >= 4 is 23.3 Å². The highest BCUT2D eigenvalue weighted by atomic mass is 32.1. The number of hydrogen-bond donors (Lipinski definition) is 3. The summed E-state index contributed by atoms with van der Waals surface area (Å²) >= 11 is 1.64. The molecule has 0 spiro atoms. The van der Waals surface area contributed by atoms with Crippen LogP contribution >= 0.6 is 11.3 Å². The Labute approximate surface area is 144 Å². The molecule has 128 valence electrons. The Balaban J connectivity index is 1.74. The zero-order valence-electron chi connectivity index (χ0n) is 13.1. The number of nitrogens with one attached hydrogen (secondary N) is 2. The lowest BCUT2D eigenvalue weighted by atomic mass is 9.98. The fourth-order valence-corrected chi connectivity index (χ4v) is 2.92. The molecule has 0 bridgehead atoms. The standard InChI is InChI=1S/C17H20FN3O2S/c18-14-5-3-12(4-6-14)10-13(16(19)22)11-21-17(23)20-8-7-15-2-1-9-24-15/h1-6,9,13H,7-8,10-11H2,(H2,19,22)(H2,20,21,23)/t13-/m1/s1. The minimum atomic E-state index is -0.543. The fraction of sp³-hybridized carbons (Fsp3) is 0.294. The Kier molecular flexibility index (Phi) is 6.74. The predicted molar refractivity (Wildman–Crippen MR) is 92.2 cm³/mol. The minimum Gasteiger partial charge on any atom is -0.369 e. The summed E-state index contributed by atoms with van der Waals surface area (Å²) in [6.07, 6.45) is 1.12. The molecule has 0 aliphatic carbocycles. The first-order valence-electron chi connectivity index (χ1n) is 7.62. The quantitative estimate of drug-likeness (QED) is 0.682. The van der Waals surface area contributed by atoms with Gasteiger partial charge in [-0.1, -0.05) is 18.2 Å². The predicted octanol–water partition coefficient (Wildman–Crippen LogP) is 2.07. The summed E-state index contributed by atoms with van der Waals surface area (Å²) in [5.41, 5.74) is 6.17. The second-order valence-electron chi connectivity index (χ2n) is 5.40. The van der Waals surface area contributed by atoms with Crippen molar-refractivity contribution in [2.24, 2.45) is 11.7 Å². The molecule has 0 aliphatic rings. The van der Waals surface area contributed by atoms with E-state index in [1.807, 2.05) is 17.5 Å². The molecule has 7 heteroatoms. The van der Waals surface area contributed by atoms with Gasteiger partial charge in [0.2, 0.25) is 5.91 Å². The van der Waals surface area contributed by atoms with Crippen LogP contribution in [-0.4, -0.2) is 25.0 Å². The third-order valence-corrected chi connectivity index (χ3v) is 4.48. The Bertz CT molecular complexity index is 659. The number of hydrogen-bond acceptors (Lipinski definition) is 3. The summed E-state index contributed by atoms with van der Waals surface area (Å²) in [5.74, 6) is -1.38. The summed E-state index contributed by atoms with van der Waals surface area (Å²) in [5, 5.41) is 7.38. The third-order valence-electron chi connectivity index (χ3n) is 3.54. The summed E-state index contributed by atoms with van der Waals surface area (Å²) < 4.78 is 12.9. The van der Waals surface area contributed by atoms with Crippen LogP contribution in [0.15, 0.2) is 41.8 Å². The van der Waals surface area contributed by atoms with Crippen molar-refractivity contribution in [3.05, 3.63) is 58.0 Å². The number of amides is 3. The number of thiophene rings is 1. The SMILES string of the molecule is NC(=O)[C@@H](CNC(=O)NCCc1cccs1)Cc1ccc(F)cc1. The lowest BCUT2D eigenvalue weighted by Crippen LogP contribution is -2.42. The van der Waals surface area contributed by atoms with Gasteiger partial charge in [0.25, 0.3) is 0 Å². The molecule has 3 amide bonds. The first kappa shape index (κ1) is 17.9. The van der Waals surface area contributed by atoms with Crippen LogP contribution in [0, 0.1) is 11.7 Å². The molecule has 1 atom stereocenters. The molecule has 0 saturated carbocycles. The number of rotatable bonds is 8. The maximum atomic E-state index is 12.9. The van der Waals surface area contributed by atoms with Gasteiger partial charge in [0.05, 0.1) is 5.92 Å². The Morgan fingerprint density at radius 2 is 1.92 bits per heavy atom. The first-order valence-corrected chi connectivity index (χ1v) is 8.50. The molecule has 1 heterocycles. The van der Waals surface area contributed by atoms with Gasteiger partial charge in [0.1, 0.15) is 5.82 Å². The Morgan fingerprint density at radius 1 is 1.17 bits per heavy atom. The van der Waals surface area contributed by atoms with E-state index in [1.54, 1.807) is 23.5 Å². The zero-order chi connectivity index (χ0) is 17.4. The largest absolute Gasteiger partial charge is 0.369 e. The van der Waals surface area contributed by atoms with Crippen molar-refractivity contribution in [3.8, 4) is 0 Å². The molecule has 0 saturated heterocycles. The van der Waals surface area contributed by atoms with Crippen LogP contribution in [0.2, 0.25) is 0 Å². The number of nitrogens with two attached hydrogens (primary N) is 1. The van der Waals surface area contributed by atoms with Gasteiger partial charge in [-0.25, -0.2) is 9.18 Å². The second-order valence-corrected chi connectivity index (χ2v) is 6.43. The van der Waals surface area contributed by atoms with E-state index < -0.39 is 11.8 Å². The van der Waals surface area contributed by atoms with Crippen LogP contribution < -0.4 is 16.4 Å². The maximum Gasteiger partial charge on any atom is 0.314 e. The summed E-state index contributed by atoms with van der Waals surface area (Å²) in [6, 6.07) is 9.51. The first-order chi connectivity index (χ1) is 11.5. The van der Waals surface area contributed by atoms with E-state index in [1.165, 1.54) is 17.0 Å². The zero-order valence-corrected chi connectivity index (χ0v) is 13.9. The monoisotopic (exact) mass is 349 g/mol. The van der Waals surface area contributed by atoms with E-state index in [0.29, 0.717) is 13.0 Å². The molecule has 4 N–H and O–H groups in total. The lowest BCUT2D eigenvalue weighted by Gasteiger charge is -2.15. The van der Waals surface area contributed by atoms with Crippen LogP contribution in [0.3, 0.4) is 0 Å². The molecule has 5 nitrogen and oxygen atoms in total. The average Bonchev–Trinajstić information content (AvgIpc) is 3.06. The van der Waals surface area contributed by atoms with Crippen molar-refractivity contribution in [3.63, 3.8) is 0 Å². The molecule has 2 aromatic rings. The summed E-state index contributed by atoms with van der Waals surface area (Å²) in [6.45, 7) is 0.656. The molecule has 2 rings (SSSR count). The van der Waals surface area contributed by atoms with Crippen LogP contribution in [-0.2, 0) is 17.6 Å². The number of benzene rings is 1. The van der Waals surface area contributed by atoms with Crippen molar-refractivity contribution in [2.45, 2.75) is 12.8 Å². The third kappa shape index (κ3) is 6.00. The van der Waals surface area contributed by atoms with Gasteiger partial charge in [-0.2, -0.15) is 0 Å². The van der Waals surface area contributed by atoms with Gasteiger partial charge in [0, 0.05) is 18.0 Å². The number of carbonyl (C=O) groups excluding carboxylic acids is 2. The van der Waals surface area contributed by atoms with Gasteiger partial charge in [-0.05, 0) is 42.0 Å². The van der Waals surface area contributed by atoms with Crippen LogP contribution in [0.25, 0.3) is 0 Å². The highest BCUT2D eigenvalue weighted by Crippen LogP contribution is 2.10. The molecule has 0 unspecified atom stereocenters. The normalized spacial score (nSPS) is 11.7. The topological polar surface area (TPSA) is 84.2 Å². The van der Waals surface area contributed by atoms with Gasteiger partial charge in [-0.3, -0.25) is 4.79 Å². The van der Waals surface area contributed by atoms with Crippen LogP contribution in [0.1, 0.15) is 10.4 Å². The molecule has 1 aromatic carbocycles. The molecule has 24 heavy (non-hydrogen) atoms. The lowest BCUT2D eigenvalue weighted by molar-refractivity contribution is -0.121. The maximum absolute atomic E-state index is 12.9. The summed E-state index contributed by atoms with van der Waals surface area (Å²) in [7, 11) is 0. The van der Waals surface area contributed by atoms with E-state index in [4.69, 9.17) is 5.73 Å². The van der Waals surface area contributed by atoms with Gasteiger partial charge >= 0.3 is 6.03 Å². The van der Waals surface area contributed by atoms with Crippen molar-refractivity contribution in [2.75, 3.05) is 13.1 Å².